The fourth-order valence-corrected chi connectivity index (χ4v) is 3.07. The predicted octanol–water partition coefficient (Wildman–Crippen LogP) is 2.23. The van der Waals surface area contributed by atoms with E-state index in [4.69, 9.17) is 0 Å². The number of piperazine rings is 1. The number of amides is 2. The van der Waals surface area contributed by atoms with Crippen LogP contribution >= 0.6 is 0 Å². The molecule has 0 unspecified atom stereocenters. The first kappa shape index (κ1) is 17.0. The van der Waals surface area contributed by atoms with Crippen molar-refractivity contribution in [2.24, 2.45) is 0 Å². The summed E-state index contributed by atoms with van der Waals surface area (Å²) in [6.07, 6.45) is 2.53. The molecule has 1 aromatic heterocycles. The van der Waals surface area contributed by atoms with Gasteiger partial charge in [-0.15, -0.1) is 0 Å². The van der Waals surface area contributed by atoms with E-state index in [0.717, 1.165) is 42.0 Å². The van der Waals surface area contributed by atoms with Crippen LogP contribution in [-0.4, -0.2) is 48.4 Å². The summed E-state index contributed by atoms with van der Waals surface area (Å²) in [4.78, 5) is 31.5. The van der Waals surface area contributed by atoms with Gasteiger partial charge in [-0.2, -0.15) is 0 Å². The molecule has 1 aliphatic rings. The van der Waals surface area contributed by atoms with Gasteiger partial charge in [-0.05, 0) is 49.2 Å². The maximum Gasteiger partial charge on any atom is 0.274 e. The lowest BCUT2D eigenvalue weighted by Gasteiger charge is -2.34. The van der Waals surface area contributed by atoms with Crippen molar-refractivity contribution in [1.29, 1.82) is 0 Å². The van der Waals surface area contributed by atoms with Crippen LogP contribution in [0.2, 0.25) is 0 Å². The molecular formula is C19H22N4O2. The zero-order valence-corrected chi connectivity index (χ0v) is 14.5. The minimum absolute atomic E-state index is 0.224. The second-order valence-corrected chi connectivity index (χ2v) is 6.36. The summed E-state index contributed by atoms with van der Waals surface area (Å²) < 4.78 is 0. The summed E-state index contributed by atoms with van der Waals surface area (Å²) in [7, 11) is 0. The summed E-state index contributed by atoms with van der Waals surface area (Å²) in [5.74, 6) is -0.224. The lowest BCUT2D eigenvalue weighted by Crippen LogP contribution is -2.45. The standard InChI is InChI=1S/C19H22N4O2/c1-14-9-15(2)11-16(10-14)21-19(25)18-12-17(3-4-20-18)23-7-5-22(13-24)6-8-23/h3-4,9-13H,5-8H2,1-2H3,(H,21,25). The zero-order chi connectivity index (χ0) is 17.8. The summed E-state index contributed by atoms with van der Waals surface area (Å²) in [6, 6.07) is 9.63. The largest absolute Gasteiger partial charge is 0.368 e. The van der Waals surface area contributed by atoms with Gasteiger partial charge in [0, 0.05) is 43.8 Å². The Morgan fingerprint density at radius 1 is 1.08 bits per heavy atom. The molecule has 6 nitrogen and oxygen atoms in total. The normalized spacial score (nSPS) is 14.3. The molecule has 130 valence electrons. The van der Waals surface area contributed by atoms with E-state index in [1.165, 1.54) is 0 Å². The van der Waals surface area contributed by atoms with Crippen LogP contribution in [0.4, 0.5) is 11.4 Å². The number of hydrogen-bond acceptors (Lipinski definition) is 4. The second-order valence-electron chi connectivity index (χ2n) is 6.36. The predicted molar refractivity (Wildman–Crippen MR) is 98.0 cm³/mol. The summed E-state index contributed by atoms with van der Waals surface area (Å²) in [5, 5.41) is 2.91. The molecule has 0 atom stereocenters. The maximum atomic E-state index is 12.5. The number of benzene rings is 1. The van der Waals surface area contributed by atoms with Gasteiger partial charge in [-0.25, -0.2) is 0 Å². The van der Waals surface area contributed by atoms with Gasteiger partial charge in [0.25, 0.3) is 5.91 Å². The Morgan fingerprint density at radius 3 is 2.40 bits per heavy atom. The number of carbonyl (C=O) groups excluding carboxylic acids is 2. The summed E-state index contributed by atoms with van der Waals surface area (Å²) >= 11 is 0. The number of pyridine rings is 1. The number of carbonyl (C=O) groups is 2. The third kappa shape index (κ3) is 4.15. The first-order valence-electron chi connectivity index (χ1n) is 8.35. The summed E-state index contributed by atoms with van der Waals surface area (Å²) in [5.41, 5.74) is 4.31. The van der Waals surface area contributed by atoms with Crippen LogP contribution in [0.5, 0.6) is 0 Å². The molecule has 3 rings (SSSR count). The highest BCUT2D eigenvalue weighted by Gasteiger charge is 2.17. The van der Waals surface area contributed by atoms with Gasteiger partial charge in [0.2, 0.25) is 6.41 Å². The molecule has 1 saturated heterocycles. The van der Waals surface area contributed by atoms with E-state index in [2.05, 4.69) is 21.3 Å². The van der Waals surface area contributed by atoms with E-state index in [9.17, 15) is 9.59 Å². The van der Waals surface area contributed by atoms with Crippen molar-refractivity contribution in [3.05, 3.63) is 53.3 Å². The highest BCUT2D eigenvalue weighted by molar-refractivity contribution is 6.03. The number of nitrogens with one attached hydrogen (secondary N) is 1. The topological polar surface area (TPSA) is 65.5 Å². The van der Waals surface area contributed by atoms with Gasteiger partial charge in [0.1, 0.15) is 5.69 Å². The highest BCUT2D eigenvalue weighted by atomic mass is 16.2. The van der Waals surface area contributed by atoms with Crippen molar-refractivity contribution >= 4 is 23.7 Å². The molecule has 1 fully saturated rings. The maximum absolute atomic E-state index is 12.5. The van der Waals surface area contributed by atoms with Crippen molar-refractivity contribution in [1.82, 2.24) is 9.88 Å². The van der Waals surface area contributed by atoms with Crippen LogP contribution < -0.4 is 10.2 Å². The quantitative estimate of drug-likeness (QED) is 0.868. The minimum Gasteiger partial charge on any atom is -0.368 e. The molecule has 1 aliphatic heterocycles. The van der Waals surface area contributed by atoms with Gasteiger partial charge < -0.3 is 15.1 Å². The first-order chi connectivity index (χ1) is 12.0. The lowest BCUT2D eigenvalue weighted by atomic mass is 10.1. The van der Waals surface area contributed by atoms with Crippen LogP contribution in [-0.2, 0) is 4.79 Å². The smallest absolute Gasteiger partial charge is 0.274 e. The van der Waals surface area contributed by atoms with Gasteiger partial charge in [0.15, 0.2) is 0 Å². The fraction of sp³-hybridized carbons (Fsp3) is 0.316. The molecule has 0 bridgehead atoms. The average Bonchev–Trinajstić information content (AvgIpc) is 2.61. The Morgan fingerprint density at radius 2 is 1.76 bits per heavy atom. The Hall–Kier alpha value is -2.89. The van der Waals surface area contributed by atoms with Crippen LogP contribution in [0.1, 0.15) is 21.6 Å². The summed E-state index contributed by atoms with van der Waals surface area (Å²) in [6.45, 7) is 6.88. The number of anilines is 2. The van der Waals surface area contributed by atoms with E-state index < -0.39 is 0 Å². The second kappa shape index (κ2) is 7.34. The van der Waals surface area contributed by atoms with E-state index >= 15 is 0 Å². The average molecular weight is 338 g/mol. The number of hydrogen-bond donors (Lipinski definition) is 1. The van der Waals surface area contributed by atoms with E-state index in [-0.39, 0.29) is 5.91 Å². The molecule has 2 amide bonds. The Balaban J connectivity index is 1.72. The fourth-order valence-electron chi connectivity index (χ4n) is 3.07. The monoisotopic (exact) mass is 338 g/mol. The molecule has 25 heavy (non-hydrogen) atoms. The third-order valence-electron chi connectivity index (χ3n) is 4.28. The minimum atomic E-state index is -0.224. The van der Waals surface area contributed by atoms with Gasteiger partial charge >= 0.3 is 0 Å². The molecule has 0 aliphatic carbocycles. The van der Waals surface area contributed by atoms with Crippen molar-refractivity contribution in [2.45, 2.75) is 13.8 Å². The lowest BCUT2D eigenvalue weighted by molar-refractivity contribution is -0.118. The number of rotatable bonds is 4. The van der Waals surface area contributed by atoms with Gasteiger partial charge in [-0.1, -0.05) is 6.07 Å². The number of nitrogens with zero attached hydrogens (tertiary/aromatic N) is 3. The number of aromatic nitrogens is 1. The molecule has 2 heterocycles. The van der Waals surface area contributed by atoms with E-state index in [0.29, 0.717) is 18.8 Å². The zero-order valence-electron chi connectivity index (χ0n) is 14.5. The van der Waals surface area contributed by atoms with Crippen molar-refractivity contribution in [3.63, 3.8) is 0 Å². The molecule has 0 saturated carbocycles. The Labute approximate surface area is 147 Å². The third-order valence-corrected chi connectivity index (χ3v) is 4.28. The Kier molecular flexibility index (Phi) is 4.97. The van der Waals surface area contributed by atoms with Crippen LogP contribution in [0, 0.1) is 13.8 Å². The van der Waals surface area contributed by atoms with Crippen molar-refractivity contribution in [2.75, 3.05) is 36.4 Å². The van der Waals surface area contributed by atoms with Crippen molar-refractivity contribution < 1.29 is 9.59 Å². The highest BCUT2D eigenvalue weighted by Crippen LogP contribution is 2.18. The van der Waals surface area contributed by atoms with Gasteiger partial charge in [0.05, 0.1) is 0 Å². The molecule has 0 radical (unpaired) electrons. The van der Waals surface area contributed by atoms with Crippen LogP contribution in [0.3, 0.4) is 0 Å². The van der Waals surface area contributed by atoms with E-state index in [1.54, 1.807) is 17.2 Å². The van der Waals surface area contributed by atoms with E-state index in [1.807, 2.05) is 32.0 Å². The SMILES string of the molecule is Cc1cc(C)cc(NC(=O)c2cc(N3CCN(C=O)CC3)ccn2)c1. The Bertz CT molecular complexity index is 762. The van der Waals surface area contributed by atoms with Gasteiger partial charge in [-0.3, -0.25) is 14.6 Å². The number of aryl methyl sites for hydroxylation is 2. The van der Waals surface area contributed by atoms with Crippen LogP contribution in [0.15, 0.2) is 36.5 Å². The molecule has 6 heteroatoms. The van der Waals surface area contributed by atoms with Crippen LogP contribution in [0.25, 0.3) is 0 Å². The molecule has 2 aromatic rings. The molecule has 1 N–H and O–H groups in total. The first-order valence-corrected chi connectivity index (χ1v) is 8.35. The molecule has 1 aromatic carbocycles. The van der Waals surface area contributed by atoms with Crippen molar-refractivity contribution in [3.8, 4) is 0 Å². The molecular weight excluding hydrogens is 316 g/mol. The molecule has 0 spiro atoms.